The van der Waals surface area contributed by atoms with Crippen LogP contribution in [0, 0.1) is 0 Å². The van der Waals surface area contributed by atoms with Gasteiger partial charge in [-0.25, -0.2) is 0 Å². The van der Waals surface area contributed by atoms with Crippen molar-refractivity contribution in [2.24, 2.45) is 0 Å². The molecule has 0 aromatic rings. The summed E-state index contributed by atoms with van der Waals surface area (Å²) in [6.07, 6.45) is -32.9. The molecule has 13 N–H and O–H groups in total. The highest BCUT2D eigenvalue weighted by Gasteiger charge is 2.55. The van der Waals surface area contributed by atoms with E-state index in [0.29, 0.717) is 0 Å². The van der Waals surface area contributed by atoms with Gasteiger partial charge in [0.1, 0.15) is 97.7 Å². The number of ether oxygens (including phenoxy) is 7. The van der Waals surface area contributed by atoms with Gasteiger partial charge in [-0.3, -0.25) is 0 Å². The van der Waals surface area contributed by atoms with Gasteiger partial charge in [0.2, 0.25) is 0 Å². The predicted molar refractivity (Wildman–Crippen MR) is 142 cm³/mol. The minimum Gasteiger partial charge on any atom is -0.394 e. The smallest absolute Gasteiger partial charge is 0.187 e. The summed E-state index contributed by atoms with van der Waals surface area (Å²) in [5.41, 5.74) is 0. The second-order valence-electron chi connectivity index (χ2n) is 11.7. The Balaban J connectivity index is 1.59. The van der Waals surface area contributed by atoms with E-state index in [1.807, 2.05) is 0 Å². The summed E-state index contributed by atoms with van der Waals surface area (Å²) in [5.74, 6) is 0. The third-order valence-electron chi connectivity index (χ3n) is 8.73. The molecular formula is C26H46O20. The molecule has 270 valence electrons. The van der Waals surface area contributed by atoms with E-state index in [0.717, 1.165) is 0 Å². The molecule has 46 heavy (non-hydrogen) atoms. The first kappa shape index (κ1) is 38.0. The average molecular weight is 679 g/mol. The summed E-state index contributed by atoms with van der Waals surface area (Å²) in [5, 5.41) is 134. The maximum absolute atomic E-state index is 11.3. The minimum atomic E-state index is -1.96. The monoisotopic (exact) mass is 678 g/mol. The highest BCUT2D eigenvalue weighted by Crippen LogP contribution is 2.35. The van der Waals surface area contributed by atoms with E-state index in [4.69, 9.17) is 33.2 Å². The summed E-state index contributed by atoms with van der Waals surface area (Å²) in [7, 11) is 0. The first-order valence-electron chi connectivity index (χ1n) is 15.0. The maximum atomic E-state index is 11.3. The number of hydrogen-bond donors (Lipinski definition) is 13. The van der Waals surface area contributed by atoms with Crippen LogP contribution in [-0.2, 0) is 33.2 Å². The molecule has 0 radical (unpaired) electrons. The zero-order valence-corrected chi connectivity index (χ0v) is 24.8. The Morgan fingerprint density at radius 1 is 0.370 bits per heavy atom. The molecular weight excluding hydrogens is 632 g/mol. The largest absolute Gasteiger partial charge is 0.394 e. The summed E-state index contributed by atoms with van der Waals surface area (Å²) in [6.45, 7) is -1.47. The molecule has 0 saturated carbocycles. The lowest BCUT2D eigenvalue weighted by atomic mass is 9.92. The summed E-state index contributed by atoms with van der Waals surface area (Å²) in [6, 6.07) is 0. The zero-order valence-electron chi connectivity index (χ0n) is 24.8. The van der Waals surface area contributed by atoms with Crippen LogP contribution in [0.3, 0.4) is 0 Å². The second kappa shape index (κ2) is 16.3. The van der Waals surface area contributed by atoms with Crippen LogP contribution in [0.2, 0.25) is 0 Å². The molecule has 4 heterocycles. The molecule has 4 saturated heterocycles. The van der Waals surface area contributed by atoms with Gasteiger partial charge in [0, 0.05) is 0 Å². The van der Waals surface area contributed by atoms with E-state index < -0.39 is 149 Å². The molecule has 0 aromatic heterocycles. The normalized spacial score (nSPS) is 52.0. The Morgan fingerprint density at radius 3 is 1.15 bits per heavy atom. The van der Waals surface area contributed by atoms with Crippen molar-refractivity contribution in [2.45, 2.75) is 136 Å². The molecule has 0 bridgehead atoms. The predicted octanol–water partition coefficient (Wildman–Crippen LogP) is -8.29. The topological polar surface area (TPSA) is 328 Å². The van der Waals surface area contributed by atoms with E-state index in [9.17, 15) is 66.4 Å². The Hall–Kier alpha value is -0.800. The second-order valence-corrected chi connectivity index (χ2v) is 11.7. The first-order chi connectivity index (χ1) is 21.8. The molecule has 0 unspecified atom stereocenters. The highest BCUT2D eigenvalue weighted by atomic mass is 16.8. The molecule has 4 rings (SSSR count). The Kier molecular flexibility index (Phi) is 13.4. The van der Waals surface area contributed by atoms with Crippen LogP contribution in [0.5, 0.6) is 0 Å². The maximum Gasteiger partial charge on any atom is 0.187 e. The summed E-state index contributed by atoms with van der Waals surface area (Å²) in [4.78, 5) is 0. The van der Waals surface area contributed by atoms with Crippen molar-refractivity contribution in [1.29, 1.82) is 0 Å². The lowest BCUT2D eigenvalue weighted by Crippen LogP contribution is -2.67. The van der Waals surface area contributed by atoms with Gasteiger partial charge in [0.15, 0.2) is 18.9 Å². The van der Waals surface area contributed by atoms with Gasteiger partial charge >= 0.3 is 0 Å². The lowest BCUT2D eigenvalue weighted by molar-refractivity contribution is -0.385. The SMILES string of the molecule is CC[C@@H]1O[C@H](CO)[C@@H](O)[C@H](O[C@@H]2O[C@H](CO)[C@@H](O)[C@H](O)[C@H]2O)[C@H]1O[C@@H]1O[C@H](CO)[C@@H](O)[C@H](O[C@@H]2O[C@H](CO)[C@@H](O)[C@H](O)[C@H]2O)[C@H]1O. The average Bonchev–Trinajstić information content (AvgIpc) is 3.05. The van der Waals surface area contributed by atoms with Crippen molar-refractivity contribution in [3.63, 3.8) is 0 Å². The molecule has 0 aliphatic carbocycles. The quantitative estimate of drug-likeness (QED) is 0.0964. The van der Waals surface area contributed by atoms with Crippen LogP contribution in [0.25, 0.3) is 0 Å². The van der Waals surface area contributed by atoms with E-state index in [1.165, 1.54) is 0 Å². The van der Waals surface area contributed by atoms with Crippen LogP contribution in [0.4, 0.5) is 0 Å². The third-order valence-corrected chi connectivity index (χ3v) is 8.73. The molecule has 4 aliphatic heterocycles. The van der Waals surface area contributed by atoms with Gasteiger partial charge < -0.3 is 99.5 Å². The molecule has 20 nitrogen and oxygen atoms in total. The first-order valence-corrected chi connectivity index (χ1v) is 15.0. The molecule has 20 atom stereocenters. The fourth-order valence-corrected chi connectivity index (χ4v) is 5.95. The van der Waals surface area contributed by atoms with Gasteiger partial charge in [-0.15, -0.1) is 0 Å². The number of aliphatic hydroxyl groups is 13. The van der Waals surface area contributed by atoms with Crippen molar-refractivity contribution in [3.8, 4) is 0 Å². The number of hydrogen-bond acceptors (Lipinski definition) is 20. The minimum absolute atomic E-state index is 0.141. The summed E-state index contributed by atoms with van der Waals surface area (Å²) < 4.78 is 39.5. The number of rotatable bonds is 11. The van der Waals surface area contributed by atoms with E-state index in [1.54, 1.807) is 6.92 Å². The molecule has 0 aromatic carbocycles. The van der Waals surface area contributed by atoms with Crippen molar-refractivity contribution in [2.75, 3.05) is 26.4 Å². The lowest BCUT2D eigenvalue weighted by Gasteiger charge is -2.50. The molecule has 4 aliphatic rings. The van der Waals surface area contributed by atoms with E-state index in [2.05, 4.69) is 0 Å². The van der Waals surface area contributed by atoms with Gasteiger partial charge in [0.05, 0.1) is 32.5 Å². The van der Waals surface area contributed by atoms with Crippen LogP contribution in [-0.4, -0.2) is 215 Å². The molecule has 0 amide bonds. The third kappa shape index (κ3) is 7.51. The Bertz CT molecular complexity index is 930. The van der Waals surface area contributed by atoms with Gasteiger partial charge in [-0.2, -0.15) is 0 Å². The van der Waals surface area contributed by atoms with Crippen molar-refractivity contribution < 1.29 is 99.5 Å². The Labute approximate surface area is 262 Å². The van der Waals surface area contributed by atoms with Crippen molar-refractivity contribution >= 4 is 0 Å². The van der Waals surface area contributed by atoms with Crippen LogP contribution < -0.4 is 0 Å². The van der Waals surface area contributed by atoms with Gasteiger partial charge in [0.25, 0.3) is 0 Å². The van der Waals surface area contributed by atoms with Crippen molar-refractivity contribution in [1.82, 2.24) is 0 Å². The highest BCUT2D eigenvalue weighted by molar-refractivity contribution is 4.99. The van der Waals surface area contributed by atoms with Gasteiger partial charge in [-0.05, 0) is 6.42 Å². The molecule has 4 fully saturated rings. The van der Waals surface area contributed by atoms with Crippen molar-refractivity contribution in [3.05, 3.63) is 0 Å². The molecule has 20 heteroatoms. The van der Waals surface area contributed by atoms with Crippen LogP contribution in [0.15, 0.2) is 0 Å². The van der Waals surface area contributed by atoms with E-state index >= 15 is 0 Å². The fraction of sp³-hybridized carbons (Fsp3) is 1.00. The van der Waals surface area contributed by atoms with Crippen LogP contribution in [0.1, 0.15) is 13.3 Å². The molecule has 0 spiro atoms. The zero-order chi connectivity index (χ0) is 34.0. The van der Waals surface area contributed by atoms with Crippen LogP contribution >= 0.6 is 0 Å². The standard InChI is InChI=1S/C26H46O20/c1-2-7-21(23(15(34)10(5-29)40-7)46-25-19(38)17(36)13(32)9(4-28)42-25)44-26-20(39)22(14(33)11(6-30)43-26)45-24-18(37)16(35)12(31)8(3-27)41-24/h7-39H,2-6H2,1H3/t7-,8+,9+,10+,11+,12+,13+,14+,15+,16-,17-,18+,19+,20+,21-,22-,23-,24-,25-,26-/m0/s1. The van der Waals surface area contributed by atoms with Gasteiger partial charge in [-0.1, -0.05) is 6.92 Å². The van der Waals surface area contributed by atoms with E-state index in [-0.39, 0.29) is 6.42 Å². The number of aliphatic hydroxyl groups excluding tert-OH is 13. The fourth-order valence-electron chi connectivity index (χ4n) is 5.95. The Morgan fingerprint density at radius 2 is 0.717 bits per heavy atom. The summed E-state index contributed by atoms with van der Waals surface area (Å²) >= 11 is 0.